The van der Waals surface area contributed by atoms with Crippen LogP contribution in [0.5, 0.6) is 0 Å². The Hall–Kier alpha value is -4.32. The highest BCUT2D eigenvalue weighted by Gasteiger charge is 2.43. The fourth-order valence-electron chi connectivity index (χ4n) is 5.40. The van der Waals surface area contributed by atoms with Crippen LogP contribution in [0.1, 0.15) is 62.7 Å². The standard InChI is InChI=1S/C30H38FN9O2/c1-20-16-27(39-38-20)37-26-11-15-32-14-5-4-6-25(36-26)22-9-12-30(42-3,13-10-22)29(41)35-21(2)23-7-8-28(33-17-23)40-19-24(31)18-34-40/h6-8,11,15-19,21-22,36H,4-5,9-10,12-14H2,1-3H3,(H,35,41)(H2,37,38,39)/t21-,22?,30?/m0/s1. The van der Waals surface area contributed by atoms with E-state index in [9.17, 15) is 9.18 Å². The number of carbonyl (C=O) groups is 1. The van der Waals surface area contributed by atoms with Crippen molar-refractivity contribution >= 4 is 17.9 Å². The van der Waals surface area contributed by atoms with Gasteiger partial charge in [-0.2, -0.15) is 10.2 Å². The number of H-pyrrole nitrogens is 1. The number of nitrogens with one attached hydrogen (secondary N) is 4. The Bertz CT molecular complexity index is 1450. The van der Waals surface area contributed by atoms with Crippen molar-refractivity contribution in [1.29, 1.82) is 0 Å². The molecular weight excluding hydrogens is 537 g/mol. The number of pyridine rings is 1. The first-order chi connectivity index (χ1) is 20.3. The number of anilines is 1. The monoisotopic (exact) mass is 575 g/mol. The van der Waals surface area contributed by atoms with Gasteiger partial charge >= 0.3 is 0 Å². The lowest BCUT2D eigenvalue weighted by Crippen LogP contribution is -2.51. The number of ether oxygens (including phenoxy) is 1. The smallest absolute Gasteiger partial charge is 0.252 e. The van der Waals surface area contributed by atoms with Gasteiger partial charge in [-0.05, 0) is 76.0 Å². The number of halogens is 1. The summed E-state index contributed by atoms with van der Waals surface area (Å²) >= 11 is 0. The van der Waals surface area contributed by atoms with Crippen LogP contribution < -0.4 is 16.0 Å². The number of aryl methyl sites for hydroxylation is 1. The maximum Gasteiger partial charge on any atom is 0.252 e. The summed E-state index contributed by atoms with van der Waals surface area (Å²) in [6.07, 6.45) is 14.8. The predicted octanol–water partition coefficient (Wildman–Crippen LogP) is 4.48. The minimum absolute atomic E-state index is 0.130. The molecule has 42 heavy (non-hydrogen) atoms. The van der Waals surface area contributed by atoms with E-state index in [1.807, 2.05) is 38.3 Å². The molecule has 1 atom stereocenters. The van der Waals surface area contributed by atoms with Crippen molar-refractivity contribution in [3.05, 3.63) is 77.5 Å². The molecule has 1 aliphatic heterocycles. The van der Waals surface area contributed by atoms with E-state index in [1.165, 1.54) is 10.9 Å². The lowest BCUT2D eigenvalue weighted by Gasteiger charge is -2.39. The van der Waals surface area contributed by atoms with Gasteiger partial charge in [0.2, 0.25) is 0 Å². The fraction of sp³-hybridized carbons (Fsp3) is 0.433. The number of carbonyl (C=O) groups excluding carboxylic acids is 1. The Kier molecular flexibility index (Phi) is 9.11. The lowest BCUT2D eigenvalue weighted by atomic mass is 9.76. The second kappa shape index (κ2) is 13.1. The van der Waals surface area contributed by atoms with Crippen LogP contribution in [0, 0.1) is 18.7 Å². The van der Waals surface area contributed by atoms with Crippen LogP contribution in [0.4, 0.5) is 10.2 Å². The molecule has 1 aliphatic carbocycles. The maximum atomic E-state index is 13.6. The molecule has 1 amide bonds. The van der Waals surface area contributed by atoms with Crippen molar-refractivity contribution < 1.29 is 13.9 Å². The molecule has 3 aromatic rings. The van der Waals surface area contributed by atoms with E-state index in [0.29, 0.717) is 18.7 Å². The third-order valence-corrected chi connectivity index (χ3v) is 7.89. The number of hydrogen-bond donors (Lipinski definition) is 4. The first-order valence-electron chi connectivity index (χ1n) is 14.3. The van der Waals surface area contributed by atoms with Crippen LogP contribution in [0.25, 0.3) is 5.82 Å². The van der Waals surface area contributed by atoms with E-state index in [4.69, 9.17) is 4.74 Å². The molecule has 0 saturated heterocycles. The Labute approximate surface area is 244 Å². The average Bonchev–Trinajstić information content (AvgIpc) is 3.63. The number of nitrogens with zero attached hydrogens (tertiary/aromatic N) is 5. The lowest BCUT2D eigenvalue weighted by molar-refractivity contribution is -0.149. The number of rotatable bonds is 8. The Morgan fingerprint density at radius 3 is 2.76 bits per heavy atom. The molecule has 4 heterocycles. The average molecular weight is 576 g/mol. The van der Waals surface area contributed by atoms with Gasteiger partial charge in [0, 0.05) is 43.5 Å². The van der Waals surface area contributed by atoms with E-state index >= 15 is 0 Å². The van der Waals surface area contributed by atoms with Crippen molar-refractivity contribution in [2.45, 2.75) is 64.0 Å². The summed E-state index contributed by atoms with van der Waals surface area (Å²) in [5.74, 6) is 1.71. The number of amides is 1. The Morgan fingerprint density at radius 1 is 1.26 bits per heavy atom. The SMILES string of the molecule is COC1(C(=O)N[C@@H](C)c2ccc(-n3cc(F)cn3)nc2)CCC(C2=CCCCN=CC=C(Nc3cc(C)[nH]n3)N2)CC1. The minimum atomic E-state index is -0.905. The van der Waals surface area contributed by atoms with Gasteiger partial charge in [-0.3, -0.25) is 14.9 Å². The zero-order chi connectivity index (χ0) is 29.5. The predicted molar refractivity (Wildman–Crippen MR) is 158 cm³/mol. The van der Waals surface area contributed by atoms with Crippen LogP contribution in [0.15, 0.2) is 65.5 Å². The quantitative estimate of drug-likeness (QED) is 0.311. The molecule has 1 saturated carbocycles. The maximum absolute atomic E-state index is 13.6. The molecule has 1 fully saturated rings. The molecule has 11 nitrogen and oxygen atoms in total. The summed E-state index contributed by atoms with van der Waals surface area (Å²) in [6, 6.07) is 5.26. The molecule has 0 aromatic carbocycles. The van der Waals surface area contributed by atoms with Gasteiger partial charge in [-0.15, -0.1) is 0 Å². The van der Waals surface area contributed by atoms with Gasteiger partial charge in [-0.1, -0.05) is 12.1 Å². The van der Waals surface area contributed by atoms with Crippen molar-refractivity contribution in [2.75, 3.05) is 19.0 Å². The summed E-state index contributed by atoms with van der Waals surface area (Å²) in [5, 5.41) is 21.2. The van der Waals surface area contributed by atoms with Gasteiger partial charge in [0.1, 0.15) is 11.4 Å². The zero-order valence-electron chi connectivity index (χ0n) is 24.2. The first-order valence-corrected chi connectivity index (χ1v) is 14.3. The highest BCUT2D eigenvalue weighted by atomic mass is 19.1. The summed E-state index contributed by atoms with van der Waals surface area (Å²) in [5.41, 5.74) is 2.03. The number of allylic oxidation sites excluding steroid dienone is 3. The molecule has 3 aromatic heterocycles. The van der Waals surface area contributed by atoms with Crippen LogP contribution in [0.2, 0.25) is 0 Å². The summed E-state index contributed by atoms with van der Waals surface area (Å²) in [7, 11) is 1.61. The number of aromatic amines is 1. The van der Waals surface area contributed by atoms with E-state index in [-0.39, 0.29) is 17.9 Å². The fourth-order valence-corrected chi connectivity index (χ4v) is 5.40. The third-order valence-electron chi connectivity index (χ3n) is 7.89. The number of methoxy groups -OCH3 is 1. The largest absolute Gasteiger partial charge is 0.368 e. The molecule has 0 spiro atoms. The van der Waals surface area contributed by atoms with E-state index in [1.54, 1.807) is 19.4 Å². The number of hydrogen-bond acceptors (Lipinski definition) is 8. The molecule has 4 N–H and O–H groups in total. The highest BCUT2D eigenvalue weighted by molar-refractivity contribution is 5.85. The van der Waals surface area contributed by atoms with Crippen LogP contribution in [0.3, 0.4) is 0 Å². The van der Waals surface area contributed by atoms with Gasteiger partial charge < -0.3 is 20.7 Å². The van der Waals surface area contributed by atoms with Gasteiger partial charge in [-0.25, -0.2) is 14.1 Å². The summed E-state index contributed by atoms with van der Waals surface area (Å²) < 4.78 is 20.6. The van der Waals surface area contributed by atoms with Crippen LogP contribution >= 0.6 is 0 Å². The number of aliphatic imine (C=N–C) groups is 1. The van der Waals surface area contributed by atoms with Gasteiger partial charge in [0.25, 0.3) is 5.91 Å². The first kappa shape index (κ1) is 29.2. The summed E-state index contributed by atoms with van der Waals surface area (Å²) in [6.45, 7) is 4.64. The molecule has 2 aliphatic rings. The molecular formula is C30H38FN9O2. The van der Waals surface area contributed by atoms with E-state index in [0.717, 1.165) is 67.0 Å². The molecule has 0 radical (unpaired) electrons. The topological polar surface area (TPSA) is 134 Å². The van der Waals surface area contributed by atoms with Crippen molar-refractivity contribution in [2.24, 2.45) is 10.9 Å². The van der Waals surface area contributed by atoms with Gasteiger partial charge in [0.05, 0.1) is 18.4 Å². The second-order valence-electron chi connectivity index (χ2n) is 10.8. The third kappa shape index (κ3) is 6.93. The normalized spacial score (nSPS) is 22.0. The molecule has 0 unspecified atom stereocenters. The van der Waals surface area contributed by atoms with E-state index in [2.05, 4.69) is 47.3 Å². The summed E-state index contributed by atoms with van der Waals surface area (Å²) in [4.78, 5) is 22.4. The number of aromatic nitrogens is 5. The minimum Gasteiger partial charge on any atom is -0.368 e. The van der Waals surface area contributed by atoms with E-state index < -0.39 is 11.4 Å². The zero-order valence-corrected chi connectivity index (χ0v) is 24.2. The van der Waals surface area contributed by atoms with Crippen molar-refractivity contribution in [3.63, 3.8) is 0 Å². The van der Waals surface area contributed by atoms with Crippen LogP contribution in [-0.2, 0) is 9.53 Å². The van der Waals surface area contributed by atoms with Crippen molar-refractivity contribution in [3.8, 4) is 5.82 Å². The Morgan fingerprint density at radius 2 is 2.10 bits per heavy atom. The van der Waals surface area contributed by atoms with Crippen molar-refractivity contribution in [1.82, 2.24) is 35.6 Å². The van der Waals surface area contributed by atoms with Crippen LogP contribution in [-0.4, -0.2) is 56.3 Å². The molecule has 222 valence electrons. The molecule has 12 heteroatoms. The highest BCUT2D eigenvalue weighted by Crippen LogP contribution is 2.38. The second-order valence-corrected chi connectivity index (χ2v) is 10.8. The van der Waals surface area contributed by atoms with Gasteiger partial charge in [0.15, 0.2) is 17.5 Å². The Balaban J connectivity index is 1.22. The molecule has 0 bridgehead atoms. The molecule has 5 rings (SSSR count).